The van der Waals surface area contributed by atoms with Gasteiger partial charge in [-0.05, 0) is 13.8 Å². The number of methoxy groups -OCH3 is 1. The molecular weight excluding hydrogens is 230 g/mol. The molecule has 0 unspecified atom stereocenters. The standard InChI is InChI=1S/C13H17N3O2/c1-9-4-13(17-3)6-11(15-9)7-14-8-12-5-10(2)18-16-12/h4-6,14H,7-8H2,1-3H3. The summed E-state index contributed by atoms with van der Waals surface area (Å²) < 4.78 is 10.2. The summed E-state index contributed by atoms with van der Waals surface area (Å²) in [5.74, 6) is 1.65. The van der Waals surface area contributed by atoms with Gasteiger partial charge >= 0.3 is 0 Å². The highest BCUT2D eigenvalue weighted by Gasteiger charge is 2.02. The highest BCUT2D eigenvalue weighted by atomic mass is 16.5. The number of hydrogen-bond acceptors (Lipinski definition) is 5. The first kappa shape index (κ1) is 12.6. The third-order valence-corrected chi connectivity index (χ3v) is 2.50. The van der Waals surface area contributed by atoms with Crippen LogP contribution >= 0.6 is 0 Å². The Morgan fingerprint density at radius 2 is 1.94 bits per heavy atom. The van der Waals surface area contributed by atoms with Crippen LogP contribution in [0.1, 0.15) is 22.8 Å². The number of nitrogens with one attached hydrogen (secondary N) is 1. The van der Waals surface area contributed by atoms with Gasteiger partial charge < -0.3 is 14.6 Å². The summed E-state index contributed by atoms with van der Waals surface area (Å²) >= 11 is 0. The molecule has 0 spiro atoms. The van der Waals surface area contributed by atoms with E-state index in [1.54, 1.807) is 7.11 Å². The molecule has 2 heterocycles. The molecule has 5 heteroatoms. The zero-order chi connectivity index (χ0) is 13.0. The number of rotatable bonds is 5. The number of nitrogens with zero attached hydrogens (tertiary/aromatic N) is 2. The minimum absolute atomic E-state index is 0.662. The van der Waals surface area contributed by atoms with E-state index < -0.39 is 0 Å². The Bertz CT molecular complexity index is 523. The van der Waals surface area contributed by atoms with Crippen molar-refractivity contribution in [2.75, 3.05) is 7.11 Å². The van der Waals surface area contributed by atoms with Crippen LogP contribution < -0.4 is 10.1 Å². The summed E-state index contributed by atoms with van der Waals surface area (Å²) in [4.78, 5) is 4.43. The van der Waals surface area contributed by atoms with Crippen LogP contribution in [-0.4, -0.2) is 17.3 Å². The molecule has 2 rings (SSSR count). The Hall–Kier alpha value is -1.88. The predicted octanol–water partition coefficient (Wildman–Crippen LogP) is 1.98. The first-order valence-corrected chi connectivity index (χ1v) is 5.82. The van der Waals surface area contributed by atoms with Gasteiger partial charge in [0.05, 0.1) is 18.5 Å². The molecule has 0 aromatic carbocycles. The van der Waals surface area contributed by atoms with E-state index in [0.29, 0.717) is 13.1 Å². The lowest BCUT2D eigenvalue weighted by Crippen LogP contribution is -2.14. The molecule has 96 valence electrons. The normalized spacial score (nSPS) is 10.6. The molecule has 0 aliphatic carbocycles. The van der Waals surface area contributed by atoms with Crippen LogP contribution in [0.5, 0.6) is 5.75 Å². The Balaban J connectivity index is 1.91. The van der Waals surface area contributed by atoms with E-state index in [1.807, 2.05) is 32.0 Å². The third-order valence-electron chi connectivity index (χ3n) is 2.50. The summed E-state index contributed by atoms with van der Waals surface area (Å²) in [5.41, 5.74) is 2.79. The van der Waals surface area contributed by atoms with Crippen molar-refractivity contribution in [1.29, 1.82) is 0 Å². The van der Waals surface area contributed by atoms with Crippen molar-refractivity contribution in [3.8, 4) is 5.75 Å². The quantitative estimate of drug-likeness (QED) is 0.875. The highest BCUT2D eigenvalue weighted by molar-refractivity contribution is 5.26. The Kier molecular flexibility index (Phi) is 3.94. The van der Waals surface area contributed by atoms with E-state index in [9.17, 15) is 0 Å². The fraction of sp³-hybridized carbons (Fsp3) is 0.385. The van der Waals surface area contributed by atoms with Crippen molar-refractivity contribution in [2.24, 2.45) is 0 Å². The lowest BCUT2D eigenvalue weighted by atomic mass is 10.3. The number of aryl methyl sites for hydroxylation is 2. The van der Waals surface area contributed by atoms with Gasteiger partial charge in [0.1, 0.15) is 11.5 Å². The fourth-order valence-corrected chi connectivity index (χ4v) is 1.73. The molecule has 0 saturated carbocycles. The van der Waals surface area contributed by atoms with Crippen molar-refractivity contribution < 1.29 is 9.26 Å². The largest absolute Gasteiger partial charge is 0.497 e. The molecule has 0 bridgehead atoms. The summed E-state index contributed by atoms with van der Waals surface area (Å²) in [6.07, 6.45) is 0. The molecule has 1 N–H and O–H groups in total. The maximum Gasteiger partial charge on any atom is 0.133 e. The smallest absolute Gasteiger partial charge is 0.133 e. The van der Waals surface area contributed by atoms with Gasteiger partial charge in [-0.15, -0.1) is 0 Å². The van der Waals surface area contributed by atoms with E-state index in [4.69, 9.17) is 9.26 Å². The van der Waals surface area contributed by atoms with Crippen LogP contribution in [-0.2, 0) is 13.1 Å². The van der Waals surface area contributed by atoms with Crippen molar-refractivity contribution in [3.05, 3.63) is 41.0 Å². The SMILES string of the molecule is COc1cc(C)nc(CNCc2cc(C)on2)c1. The van der Waals surface area contributed by atoms with Crippen LogP contribution in [0.2, 0.25) is 0 Å². The third kappa shape index (κ3) is 3.30. The van der Waals surface area contributed by atoms with E-state index in [0.717, 1.165) is 28.6 Å². The second-order valence-corrected chi connectivity index (χ2v) is 4.17. The zero-order valence-corrected chi connectivity index (χ0v) is 10.9. The molecule has 5 nitrogen and oxygen atoms in total. The summed E-state index contributed by atoms with van der Waals surface area (Å²) in [5, 5.41) is 7.18. The Labute approximate surface area is 106 Å². The van der Waals surface area contributed by atoms with Gasteiger partial charge in [-0.2, -0.15) is 0 Å². The van der Waals surface area contributed by atoms with Crippen molar-refractivity contribution in [1.82, 2.24) is 15.5 Å². The number of pyridine rings is 1. The second-order valence-electron chi connectivity index (χ2n) is 4.17. The van der Waals surface area contributed by atoms with Crippen molar-refractivity contribution >= 4 is 0 Å². The first-order valence-electron chi connectivity index (χ1n) is 5.82. The topological polar surface area (TPSA) is 60.2 Å². The van der Waals surface area contributed by atoms with Gasteiger partial charge in [-0.1, -0.05) is 5.16 Å². The molecular formula is C13H17N3O2. The van der Waals surface area contributed by atoms with E-state index in [1.165, 1.54) is 0 Å². The molecule has 18 heavy (non-hydrogen) atoms. The minimum Gasteiger partial charge on any atom is -0.497 e. The maximum atomic E-state index is 5.21. The molecule has 0 saturated heterocycles. The Morgan fingerprint density at radius 3 is 2.61 bits per heavy atom. The van der Waals surface area contributed by atoms with E-state index in [-0.39, 0.29) is 0 Å². The van der Waals surface area contributed by atoms with Crippen LogP contribution in [0.15, 0.2) is 22.7 Å². The zero-order valence-electron chi connectivity index (χ0n) is 10.9. The average Bonchev–Trinajstić information content (AvgIpc) is 2.74. The van der Waals surface area contributed by atoms with Crippen molar-refractivity contribution in [3.63, 3.8) is 0 Å². The molecule has 2 aromatic rings. The van der Waals surface area contributed by atoms with Crippen LogP contribution in [0, 0.1) is 13.8 Å². The van der Waals surface area contributed by atoms with Gasteiger partial charge in [-0.3, -0.25) is 4.98 Å². The summed E-state index contributed by atoms with van der Waals surface area (Å²) in [7, 11) is 1.66. The number of aromatic nitrogens is 2. The molecule has 0 atom stereocenters. The molecule has 0 aliphatic heterocycles. The van der Waals surface area contributed by atoms with Gasteiger partial charge in [0.2, 0.25) is 0 Å². The average molecular weight is 247 g/mol. The predicted molar refractivity (Wildman–Crippen MR) is 67.3 cm³/mol. The minimum atomic E-state index is 0.662. The van der Waals surface area contributed by atoms with Crippen LogP contribution in [0.25, 0.3) is 0 Å². The second kappa shape index (κ2) is 5.64. The highest BCUT2D eigenvalue weighted by Crippen LogP contribution is 2.13. The fourth-order valence-electron chi connectivity index (χ4n) is 1.73. The Morgan fingerprint density at radius 1 is 1.17 bits per heavy atom. The lowest BCUT2D eigenvalue weighted by molar-refractivity contribution is 0.388. The van der Waals surface area contributed by atoms with Gasteiger partial charge in [0, 0.05) is 37.0 Å². The van der Waals surface area contributed by atoms with Gasteiger partial charge in [-0.25, -0.2) is 0 Å². The lowest BCUT2D eigenvalue weighted by Gasteiger charge is -2.06. The molecule has 0 amide bonds. The molecule has 2 aromatic heterocycles. The van der Waals surface area contributed by atoms with E-state index in [2.05, 4.69) is 15.5 Å². The molecule has 0 radical (unpaired) electrons. The molecule has 0 aliphatic rings. The van der Waals surface area contributed by atoms with Crippen molar-refractivity contribution in [2.45, 2.75) is 26.9 Å². The van der Waals surface area contributed by atoms with Gasteiger partial charge in [0.15, 0.2) is 0 Å². The number of ether oxygens (including phenoxy) is 1. The number of hydrogen-bond donors (Lipinski definition) is 1. The monoisotopic (exact) mass is 247 g/mol. The van der Waals surface area contributed by atoms with Gasteiger partial charge in [0.25, 0.3) is 0 Å². The first-order chi connectivity index (χ1) is 8.67. The molecule has 0 fully saturated rings. The maximum absolute atomic E-state index is 5.21. The summed E-state index contributed by atoms with van der Waals surface area (Å²) in [6.45, 7) is 5.16. The van der Waals surface area contributed by atoms with Crippen LogP contribution in [0.4, 0.5) is 0 Å². The van der Waals surface area contributed by atoms with Crippen LogP contribution in [0.3, 0.4) is 0 Å². The van der Waals surface area contributed by atoms with E-state index >= 15 is 0 Å². The summed E-state index contributed by atoms with van der Waals surface area (Å²) in [6, 6.07) is 5.75.